The van der Waals surface area contributed by atoms with Crippen molar-refractivity contribution >= 4 is 11.8 Å². The lowest BCUT2D eigenvalue weighted by molar-refractivity contribution is 0.587. The average Bonchev–Trinajstić information content (AvgIpc) is 2.47. The molecular formula is C16H21N3S. The van der Waals surface area contributed by atoms with E-state index in [2.05, 4.69) is 60.3 Å². The lowest BCUT2D eigenvalue weighted by Gasteiger charge is -2.08. The third kappa shape index (κ3) is 4.32. The van der Waals surface area contributed by atoms with Crippen LogP contribution in [0.15, 0.2) is 41.6 Å². The van der Waals surface area contributed by atoms with Gasteiger partial charge in [0.1, 0.15) is 0 Å². The van der Waals surface area contributed by atoms with Crippen molar-refractivity contribution in [3.8, 4) is 11.4 Å². The molecule has 3 nitrogen and oxygen atoms in total. The summed E-state index contributed by atoms with van der Waals surface area (Å²) in [6.45, 7) is 7.23. The van der Waals surface area contributed by atoms with Gasteiger partial charge in [-0.1, -0.05) is 32.9 Å². The first-order valence-corrected chi connectivity index (χ1v) is 7.95. The van der Waals surface area contributed by atoms with E-state index in [9.17, 15) is 0 Å². The molecule has 4 heteroatoms. The van der Waals surface area contributed by atoms with Crippen molar-refractivity contribution in [2.75, 3.05) is 5.75 Å². The first-order valence-electron chi connectivity index (χ1n) is 6.96. The lowest BCUT2D eigenvalue weighted by Crippen LogP contribution is -2.21. The molecule has 2 aromatic rings. The third-order valence-corrected chi connectivity index (χ3v) is 3.74. The monoisotopic (exact) mass is 287 g/mol. The fraction of sp³-hybridized carbons (Fsp3) is 0.375. The second kappa shape index (κ2) is 7.41. The highest BCUT2D eigenvalue weighted by atomic mass is 32.2. The zero-order valence-corrected chi connectivity index (χ0v) is 13.1. The summed E-state index contributed by atoms with van der Waals surface area (Å²) in [7, 11) is 0. The van der Waals surface area contributed by atoms with E-state index in [0.717, 1.165) is 29.2 Å². The highest BCUT2D eigenvalue weighted by molar-refractivity contribution is 7.99. The molecule has 0 amide bonds. The molecule has 20 heavy (non-hydrogen) atoms. The molecule has 1 aromatic heterocycles. The summed E-state index contributed by atoms with van der Waals surface area (Å²) in [4.78, 5) is 10.2. The molecule has 106 valence electrons. The minimum Gasteiger partial charge on any atom is -0.310 e. The molecule has 0 aliphatic heterocycles. The maximum Gasteiger partial charge on any atom is 0.159 e. The van der Waals surface area contributed by atoms with Crippen LogP contribution in [0.1, 0.15) is 26.3 Å². The van der Waals surface area contributed by atoms with Gasteiger partial charge in [-0.15, -0.1) is 11.8 Å². The van der Waals surface area contributed by atoms with Crippen LogP contribution in [0.3, 0.4) is 0 Å². The van der Waals surface area contributed by atoms with Gasteiger partial charge in [0.25, 0.3) is 0 Å². The van der Waals surface area contributed by atoms with Crippen LogP contribution in [0.2, 0.25) is 0 Å². The van der Waals surface area contributed by atoms with Crippen molar-refractivity contribution in [2.24, 2.45) is 0 Å². The van der Waals surface area contributed by atoms with Gasteiger partial charge < -0.3 is 5.32 Å². The Morgan fingerprint density at radius 1 is 1.10 bits per heavy atom. The Morgan fingerprint density at radius 3 is 2.30 bits per heavy atom. The molecule has 0 saturated carbocycles. The summed E-state index contributed by atoms with van der Waals surface area (Å²) in [5.74, 6) is 1.87. The Labute approximate surface area is 125 Å². The SMILES string of the molecule is CCSc1ccc(-c2ncc(CNC(C)C)cn2)cc1. The molecule has 1 aromatic carbocycles. The van der Waals surface area contributed by atoms with Gasteiger partial charge in [-0.2, -0.15) is 0 Å². The summed E-state index contributed by atoms with van der Waals surface area (Å²) in [5, 5.41) is 3.36. The topological polar surface area (TPSA) is 37.8 Å². The van der Waals surface area contributed by atoms with E-state index in [-0.39, 0.29) is 0 Å². The van der Waals surface area contributed by atoms with Crippen molar-refractivity contribution < 1.29 is 0 Å². The zero-order chi connectivity index (χ0) is 14.4. The predicted molar refractivity (Wildman–Crippen MR) is 85.8 cm³/mol. The standard InChI is InChI=1S/C16H21N3S/c1-4-20-15-7-5-14(6-8-15)16-18-10-13(11-19-16)9-17-12(2)3/h5-8,10-12,17H,4,9H2,1-3H3. The Morgan fingerprint density at radius 2 is 1.75 bits per heavy atom. The van der Waals surface area contributed by atoms with E-state index in [1.165, 1.54) is 4.90 Å². The number of nitrogens with one attached hydrogen (secondary N) is 1. The van der Waals surface area contributed by atoms with Gasteiger partial charge >= 0.3 is 0 Å². The van der Waals surface area contributed by atoms with Gasteiger partial charge in [0.2, 0.25) is 0 Å². The van der Waals surface area contributed by atoms with Gasteiger partial charge in [0, 0.05) is 41.0 Å². The second-order valence-corrected chi connectivity index (χ2v) is 6.25. The van der Waals surface area contributed by atoms with Crippen molar-refractivity contribution in [3.63, 3.8) is 0 Å². The number of benzene rings is 1. The molecule has 0 aliphatic carbocycles. The number of rotatable bonds is 6. The normalized spacial score (nSPS) is 11.0. The number of aromatic nitrogens is 2. The van der Waals surface area contributed by atoms with Gasteiger partial charge in [0.15, 0.2) is 5.82 Å². The minimum atomic E-state index is 0.471. The van der Waals surface area contributed by atoms with Gasteiger partial charge in [-0.25, -0.2) is 9.97 Å². The first-order chi connectivity index (χ1) is 9.69. The molecule has 0 radical (unpaired) electrons. The van der Waals surface area contributed by atoms with Crippen LogP contribution >= 0.6 is 11.8 Å². The molecule has 0 fully saturated rings. The minimum absolute atomic E-state index is 0.471. The molecule has 1 heterocycles. The highest BCUT2D eigenvalue weighted by Crippen LogP contribution is 2.21. The molecule has 0 unspecified atom stereocenters. The number of hydrogen-bond donors (Lipinski definition) is 1. The Hall–Kier alpha value is -1.39. The van der Waals surface area contributed by atoms with Crippen molar-refractivity contribution in [3.05, 3.63) is 42.2 Å². The molecule has 1 N–H and O–H groups in total. The van der Waals surface area contributed by atoms with E-state index < -0.39 is 0 Å². The largest absolute Gasteiger partial charge is 0.310 e. The summed E-state index contributed by atoms with van der Waals surface area (Å²) in [5.41, 5.74) is 2.18. The van der Waals surface area contributed by atoms with Crippen LogP contribution in [0.5, 0.6) is 0 Å². The van der Waals surface area contributed by atoms with Gasteiger partial charge in [-0.3, -0.25) is 0 Å². The zero-order valence-electron chi connectivity index (χ0n) is 12.3. The Kier molecular flexibility index (Phi) is 5.56. The van der Waals surface area contributed by atoms with Crippen molar-refractivity contribution in [2.45, 2.75) is 38.3 Å². The summed E-state index contributed by atoms with van der Waals surface area (Å²) in [6.07, 6.45) is 3.79. The molecule has 0 spiro atoms. The van der Waals surface area contributed by atoms with Gasteiger partial charge in [0.05, 0.1) is 0 Å². The molecule has 0 atom stereocenters. The lowest BCUT2D eigenvalue weighted by atomic mass is 10.2. The third-order valence-electron chi connectivity index (χ3n) is 2.84. The fourth-order valence-electron chi connectivity index (χ4n) is 1.78. The molecular weight excluding hydrogens is 266 g/mol. The van der Waals surface area contributed by atoms with Crippen LogP contribution < -0.4 is 5.32 Å². The van der Waals surface area contributed by atoms with E-state index in [4.69, 9.17) is 0 Å². The molecule has 2 rings (SSSR count). The van der Waals surface area contributed by atoms with Crippen molar-refractivity contribution in [1.82, 2.24) is 15.3 Å². The van der Waals surface area contributed by atoms with E-state index in [0.29, 0.717) is 6.04 Å². The number of thioether (sulfide) groups is 1. The summed E-state index contributed by atoms with van der Waals surface area (Å²) < 4.78 is 0. The molecule has 0 aliphatic rings. The highest BCUT2D eigenvalue weighted by Gasteiger charge is 2.02. The van der Waals surface area contributed by atoms with E-state index in [1.807, 2.05) is 24.2 Å². The summed E-state index contributed by atoms with van der Waals surface area (Å²) >= 11 is 1.84. The number of nitrogens with zero attached hydrogens (tertiary/aromatic N) is 2. The van der Waals surface area contributed by atoms with Crippen molar-refractivity contribution in [1.29, 1.82) is 0 Å². The number of hydrogen-bond acceptors (Lipinski definition) is 4. The van der Waals surface area contributed by atoms with Crippen LogP contribution in [-0.2, 0) is 6.54 Å². The van der Waals surface area contributed by atoms with Crippen LogP contribution in [-0.4, -0.2) is 21.8 Å². The maximum atomic E-state index is 4.44. The van der Waals surface area contributed by atoms with Crippen LogP contribution in [0, 0.1) is 0 Å². The molecule has 0 bridgehead atoms. The van der Waals surface area contributed by atoms with Gasteiger partial charge in [-0.05, 0) is 17.9 Å². The van der Waals surface area contributed by atoms with E-state index >= 15 is 0 Å². The first kappa shape index (κ1) is 15.0. The quantitative estimate of drug-likeness (QED) is 0.821. The second-order valence-electron chi connectivity index (χ2n) is 4.91. The maximum absolute atomic E-state index is 4.44. The van der Waals surface area contributed by atoms with Crippen LogP contribution in [0.25, 0.3) is 11.4 Å². The Balaban J connectivity index is 2.05. The van der Waals surface area contributed by atoms with E-state index in [1.54, 1.807) is 0 Å². The predicted octanol–water partition coefficient (Wildman–Crippen LogP) is 3.75. The fourth-order valence-corrected chi connectivity index (χ4v) is 2.45. The Bertz CT molecular complexity index is 520. The summed E-state index contributed by atoms with van der Waals surface area (Å²) in [6, 6.07) is 8.89. The molecule has 0 saturated heterocycles. The average molecular weight is 287 g/mol. The smallest absolute Gasteiger partial charge is 0.159 e. The van der Waals surface area contributed by atoms with Crippen LogP contribution in [0.4, 0.5) is 0 Å².